The van der Waals surface area contributed by atoms with E-state index in [0.717, 1.165) is 24.0 Å². The van der Waals surface area contributed by atoms with Crippen LogP contribution in [0, 0.1) is 0 Å². The Balaban J connectivity index is 1.39. The van der Waals surface area contributed by atoms with Gasteiger partial charge in [-0.15, -0.1) is 0 Å². The smallest absolute Gasteiger partial charge is 0.325 e. The summed E-state index contributed by atoms with van der Waals surface area (Å²) in [6, 6.07) is 5.18. The first-order valence-electron chi connectivity index (χ1n) is 9.40. The Morgan fingerprint density at radius 1 is 1.21 bits per heavy atom. The number of rotatable bonds is 4. The molecular weight excluding hydrogens is 364 g/mol. The monoisotopic (exact) mass is 386 g/mol. The third kappa shape index (κ3) is 3.84. The zero-order valence-corrected chi connectivity index (χ0v) is 15.4. The number of anilines is 1. The summed E-state index contributed by atoms with van der Waals surface area (Å²) in [6.45, 7) is 1.36. The van der Waals surface area contributed by atoms with Crippen molar-refractivity contribution in [3.8, 4) is 0 Å². The maximum Gasteiger partial charge on any atom is 0.325 e. The average Bonchev–Trinajstić information content (AvgIpc) is 3.31. The van der Waals surface area contributed by atoms with E-state index < -0.39 is 18.0 Å². The van der Waals surface area contributed by atoms with Crippen LogP contribution in [0.1, 0.15) is 24.0 Å². The minimum absolute atomic E-state index is 0.0889. The molecule has 2 saturated heterocycles. The highest BCUT2D eigenvalue weighted by molar-refractivity contribution is 6.03. The number of hydrogen-bond acceptors (Lipinski definition) is 5. The number of nitrogens with zero attached hydrogens (tertiary/aromatic N) is 2. The van der Waals surface area contributed by atoms with Crippen molar-refractivity contribution in [2.75, 3.05) is 31.6 Å². The standard InChI is InChI=1S/C19H22N4O5/c24-16-10-23(19(27)21-16)11-17(25)22-6-5-12-3-4-14(8-13(12)9-22)20-18(26)15-2-1-7-28-15/h3-4,8,15H,1-2,5-7,9-11H2,(H,20,26)(H,21,24,27). The summed E-state index contributed by atoms with van der Waals surface area (Å²) in [5, 5.41) is 5.05. The number of imide groups is 1. The summed E-state index contributed by atoms with van der Waals surface area (Å²) in [7, 11) is 0. The Labute approximate surface area is 162 Å². The molecule has 1 atom stereocenters. The van der Waals surface area contributed by atoms with Crippen molar-refractivity contribution in [2.45, 2.75) is 31.9 Å². The van der Waals surface area contributed by atoms with Gasteiger partial charge in [0.1, 0.15) is 19.2 Å². The second-order valence-electron chi connectivity index (χ2n) is 7.25. The van der Waals surface area contributed by atoms with Crippen molar-refractivity contribution >= 4 is 29.4 Å². The summed E-state index contributed by atoms with van der Waals surface area (Å²) < 4.78 is 5.40. The van der Waals surface area contributed by atoms with Crippen LogP contribution < -0.4 is 10.6 Å². The number of carbonyl (C=O) groups excluding carboxylic acids is 4. The number of ether oxygens (including phenoxy) is 1. The first-order valence-corrected chi connectivity index (χ1v) is 9.40. The van der Waals surface area contributed by atoms with Gasteiger partial charge < -0.3 is 19.9 Å². The summed E-state index contributed by atoms with van der Waals surface area (Å²) in [5.74, 6) is -0.747. The molecule has 1 aromatic rings. The first-order chi connectivity index (χ1) is 13.5. The van der Waals surface area contributed by atoms with Gasteiger partial charge in [0.2, 0.25) is 11.8 Å². The summed E-state index contributed by atoms with van der Waals surface area (Å²) in [4.78, 5) is 50.6. The van der Waals surface area contributed by atoms with Crippen molar-refractivity contribution in [2.24, 2.45) is 0 Å². The second kappa shape index (κ2) is 7.59. The first kappa shape index (κ1) is 18.4. The lowest BCUT2D eigenvalue weighted by atomic mass is 9.99. The van der Waals surface area contributed by atoms with Gasteiger partial charge in [-0.1, -0.05) is 6.07 Å². The highest BCUT2D eigenvalue weighted by atomic mass is 16.5. The van der Waals surface area contributed by atoms with Gasteiger partial charge in [0.15, 0.2) is 0 Å². The van der Waals surface area contributed by atoms with E-state index in [-0.39, 0.29) is 24.9 Å². The molecule has 3 aliphatic heterocycles. The van der Waals surface area contributed by atoms with Crippen LogP contribution in [0.15, 0.2) is 18.2 Å². The number of fused-ring (bicyclic) bond motifs is 1. The molecule has 2 fully saturated rings. The normalized spacial score (nSPS) is 21.5. The van der Waals surface area contributed by atoms with E-state index in [0.29, 0.717) is 31.8 Å². The molecule has 0 spiro atoms. The van der Waals surface area contributed by atoms with E-state index in [4.69, 9.17) is 4.74 Å². The van der Waals surface area contributed by atoms with Gasteiger partial charge in [-0.25, -0.2) is 4.79 Å². The van der Waals surface area contributed by atoms with Crippen LogP contribution in [0.4, 0.5) is 10.5 Å². The van der Waals surface area contributed by atoms with E-state index in [1.165, 1.54) is 4.90 Å². The Kier molecular flexibility index (Phi) is 4.99. The van der Waals surface area contributed by atoms with E-state index in [9.17, 15) is 19.2 Å². The summed E-state index contributed by atoms with van der Waals surface area (Å²) >= 11 is 0. The summed E-state index contributed by atoms with van der Waals surface area (Å²) in [6.07, 6.45) is 1.92. The van der Waals surface area contributed by atoms with Crippen LogP contribution in [0.2, 0.25) is 0 Å². The van der Waals surface area contributed by atoms with Crippen LogP contribution in [0.25, 0.3) is 0 Å². The van der Waals surface area contributed by atoms with Crippen molar-refractivity contribution in [3.05, 3.63) is 29.3 Å². The van der Waals surface area contributed by atoms with E-state index in [1.807, 2.05) is 18.2 Å². The van der Waals surface area contributed by atoms with Gasteiger partial charge in [-0.3, -0.25) is 19.7 Å². The fraction of sp³-hybridized carbons (Fsp3) is 0.474. The van der Waals surface area contributed by atoms with E-state index in [1.54, 1.807) is 4.90 Å². The molecular formula is C19H22N4O5. The number of amides is 5. The number of urea groups is 1. The van der Waals surface area contributed by atoms with Crippen molar-refractivity contribution < 1.29 is 23.9 Å². The predicted molar refractivity (Wildman–Crippen MR) is 98.3 cm³/mol. The Bertz CT molecular complexity index is 834. The van der Waals surface area contributed by atoms with Gasteiger partial charge in [0, 0.05) is 25.4 Å². The molecule has 3 heterocycles. The highest BCUT2D eigenvalue weighted by Crippen LogP contribution is 2.24. The molecule has 3 aliphatic rings. The zero-order valence-electron chi connectivity index (χ0n) is 15.4. The molecule has 0 radical (unpaired) electrons. The van der Waals surface area contributed by atoms with Crippen LogP contribution in [0.3, 0.4) is 0 Å². The third-order valence-corrected chi connectivity index (χ3v) is 5.26. The fourth-order valence-electron chi connectivity index (χ4n) is 3.73. The van der Waals surface area contributed by atoms with Gasteiger partial charge in [-0.2, -0.15) is 0 Å². The topological polar surface area (TPSA) is 108 Å². The Morgan fingerprint density at radius 3 is 2.79 bits per heavy atom. The Hall–Kier alpha value is -2.94. The number of benzene rings is 1. The molecule has 0 aromatic heterocycles. The lowest BCUT2D eigenvalue weighted by Crippen LogP contribution is -2.43. The lowest BCUT2D eigenvalue weighted by molar-refractivity contribution is -0.132. The van der Waals surface area contributed by atoms with Gasteiger partial charge in [0.05, 0.1) is 0 Å². The number of nitrogens with one attached hydrogen (secondary N) is 2. The van der Waals surface area contributed by atoms with Crippen LogP contribution in [-0.2, 0) is 32.1 Å². The molecule has 0 aliphatic carbocycles. The summed E-state index contributed by atoms with van der Waals surface area (Å²) in [5.41, 5.74) is 2.78. The lowest BCUT2D eigenvalue weighted by Gasteiger charge is -2.30. The Morgan fingerprint density at radius 2 is 2.07 bits per heavy atom. The van der Waals surface area contributed by atoms with Gasteiger partial charge in [-0.05, 0) is 42.5 Å². The molecule has 9 nitrogen and oxygen atoms in total. The molecule has 28 heavy (non-hydrogen) atoms. The molecule has 148 valence electrons. The average molecular weight is 386 g/mol. The minimum atomic E-state index is -0.533. The van der Waals surface area contributed by atoms with Gasteiger partial charge >= 0.3 is 6.03 Å². The number of carbonyl (C=O) groups is 4. The molecule has 1 aromatic carbocycles. The maximum atomic E-state index is 12.6. The molecule has 5 amide bonds. The second-order valence-corrected chi connectivity index (χ2v) is 7.25. The molecule has 1 unspecified atom stereocenters. The number of hydrogen-bond donors (Lipinski definition) is 2. The largest absolute Gasteiger partial charge is 0.368 e. The molecule has 0 saturated carbocycles. The molecule has 4 rings (SSSR count). The predicted octanol–water partition coefficient (Wildman–Crippen LogP) is 0.241. The van der Waals surface area contributed by atoms with Crippen molar-refractivity contribution in [3.63, 3.8) is 0 Å². The quantitative estimate of drug-likeness (QED) is 0.721. The maximum absolute atomic E-state index is 12.6. The molecule has 9 heteroatoms. The third-order valence-electron chi connectivity index (χ3n) is 5.26. The van der Waals surface area contributed by atoms with Gasteiger partial charge in [0.25, 0.3) is 5.91 Å². The van der Waals surface area contributed by atoms with Crippen LogP contribution >= 0.6 is 0 Å². The van der Waals surface area contributed by atoms with Crippen molar-refractivity contribution in [1.82, 2.24) is 15.1 Å². The highest BCUT2D eigenvalue weighted by Gasteiger charge is 2.31. The van der Waals surface area contributed by atoms with Crippen LogP contribution in [-0.4, -0.2) is 65.9 Å². The molecule has 0 bridgehead atoms. The van der Waals surface area contributed by atoms with Crippen LogP contribution in [0.5, 0.6) is 0 Å². The zero-order chi connectivity index (χ0) is 19.7. The minimum Gasteiger partial charge on any atom is -0.368 e. The molecule has 2 N–H and O–H groups in total. The van der Waals surface area contributed by atoms with Crippen molar-refractivity contribution in [1.29, 1.82) is 0 Å². The van der Waals surface area contributed by atoms with E-state index >= 15 is 0 Å². The van der Waals surface area contributed by atoms with E-state index in [2.05, 4.69) is 10.6 Å². The fourth-order valence-corrected chi connectivity index (χ4v) is 3.73. The SMILES string of the molecule is O=C1CN(CC(=O)N2CCc3ccc(NC(=O)C4CCCO4)cc3C2)C(=O)N1.